The number of carbonyl (C=O) groups is 1. The van der Waals surface area contributed by atoms with Crippen molar-refractivity contribution in [1.82, 2.24) is 9.21 Å². The molecule has 1 aliphatic rings. The number of carbonyl (C=O) groups excluding carboxylic acids is 1. The number of nitrogens with zero attached hydrogens (tertiary/aromatic N) is 2. The van der Waals surface area contributed by atoms with Gasteiger partial charge in [-0.1, -0.05) is 36.8 Å². The molecule has 0 aliphatic carbocycles. The fraction of sp³-hybridized carbons (Fsp3) is 0.562. The Morgan fingerprint density at radius 1 is 1.27 bits per heavy atom. The molecule has 1 heterocycles. The quantitative estimate of drug-likeness (QED) is 0.846. The van der Waals surface area contributed by atoms with Gasteiger partial charge in [0, 0.05) is 26.1 Å². The van der Waals surface area contributed by atoms with E-state index in [0.717, 1.165) is 29.8 Å². The van der Waals surface area contributed by atoms with Crippen molar-refractivity contribution in [1.29, 1.82) is 0 Å². The number of likely N-dealkylation sites (N-methyl/N-ethyl adjacent to an activating group) is 1. The van der Waals surface area contributed by atoms with Gasteiger partial charge in [-0.15, -0.1) is 0 Å². The Morgan fingerprint density at radius 3 is 2.59 bits per heavy atom. The molecule has 0 aromatic heterocycles. The molecule has 1 aromatic carbocycles. The molecule has 0 radical (unpaired) electrons. The molecule has 5 nitrogen and oxygen atoms in total. The molecule has 1 atom stereocenters. The third-order valence-electron chi connectivity index (χ3n) is 4.22. The summed E-state index contributed by atoms with van der Waals surface area (Å²) in [5.74, 6) is 0.215. The van der Waals surface area contributed by atoms with Crippen LogP contribution in [0.2, 0.25) is 0 Å². The Morgan fingerprint density at radius 2 is 1.95 bits per heavy atom. The highest BCUT2D eigenvalue weighted by molar-refractivity contribution is 7.88. The third kappa shape index (κ3) is 4.55. The molecule has 0 bridgehead atoms. The van der Waals surface area contributed by atoms with E-state index in [2.05, 4.69) is 12.1 Å². The van der Waals surface area contributed by atoms with Crippen molar-refractivity contribution in [2.45, 2.75) is 25.2 Å². The van der Waals surface area contributed by atoms with E-state index in [1.54, 1.807) is 0 Å². The van der Waals surface area contributed by atoms with Crippen LogP contribution in [-0.4, -0.2) is 56.5 Å². The van der Waals surface area contributed by atoms with Crippen molar-refractivity contribution in [3.05, 3.63) is 35.9 Å². The van der Waals surface area contributed by atoms with E-state index in [1.807, 2.05) is 23.1 Å². The second-order valence-corrected chi connectivity index (χ2v) is 8.05. The fourth-order valence-electron chi connectivity index (χ4n) is 2.77. The molecule has 6 heteroatoms. The van der Waals surface area contributed by atoms with Gasteiger partial charge in [-0.2, -0.15) is 4.31 Å². The number of sulfonamides is 1. The molecule has 1 aromatic rings. The predicted octanol–water partition coefficient (Wildman–Crippen LogP) is 1.67. The predicted molar refractivity (Wildman–Crippen MR) is 87.1 cm³/mol. The molecule has 1 unspecified atom stereocenters. The number of benzene rings is 1. The number of hydrogen-bond acceptors (Lipinski definition) is 3. The maximum Gasteiger partial charge on any atom is 0.237 e. The molecule has 1 saturated heterocycles. The maximum atomic E-state index is 12.4. The van der Waals surface area contributed by atoms with Crippen molar-refractivity contribution in [3.8, 4) is 0 Å². The van der Waals surface area contributed by atoms with Gasteiger partial charge >= 0.3 is 0 Å². The van der Waals surface area contributed by atoms with Crippen LogP contribution in [0.25, 0.3) is 0 Å². The minimum atomic E-state index is -3.33. The van der Waals surface area contributed by atoms with Crippen LogP contribution < -0.4 is 0 Å². The molecule has 1 amide bonds. The maximum absolute atomic E-state index is 12.4. The van der Waals surface area contributed by atoms with Crippen LogP contribution in [0.4, 0.5) is 0 Å². The standard InChI is InChI=1S/C16H24N2O3S/c1-17(22(2,20)21)13-16(19)18-11-7-6-10-15(12-18)14-8-4-3-5-9-14/h3-5,8-9,15H,6-7,10-13H2,1-2H3. The number of hydrogen-bond donors (Lipinski definition) is 0. The van der Waals surface area contributed by atoms with E-state index >= 15 is 0 Å². The summed E-state index contributed by atoms with van der Waals surface area (Å²) < 4.78 is 24.0. The Labute approximate surface area is 133 Å². The zero-order valence-corrected chi connectivity index (χ0v) is 14.1. The first kappa shape index (κ1) is 17.0. The summed E-state index contributed by atoms with van der Waals surface area (Å²) in [6.07, 6.45) is 4.24. The van der Waals surface area contributed by atoms with Crippen molar-refractivity contribution in [2.75, 3.05) is 32.9 Å². The lowest BCUT2D eigenvalue weighted by Gasteiger charge is -2.26. The van der Waals surface area contributed by atoms with Crippen molar-refractivity contribution in [3.63, 3.8) is 0 Å². The van der Waals surface area contributed by atoms with Crippen molar-refractivity contribution < 1.29 is 13.2 Å². The molecule has 0 N–H and O–H groups in total. The summed E-state index contributed by atoms with van der Waals surface area (Å²) >= 11 is 0. The molecule has 0 saturated carbocycles. The minimum absolute atomic E-state index is 0.0830. The Hall–Kier alpha value is -1.40. The molecule has 2 rings (SSSR count). The lowest BCUT2D eigenvalue weighted by molar-refractivity contribution is -0.131. The summed E-state index contributed by atoms with van der Waals surface area (Å²) in [6, 6.07) is 10.2. The summed E-state index contributed by atoms with van der Waals surface area (Å²) in [4.78, 5) is 14.2. The Kier molecular flexibility index (Phi) is 5.58. The topological polar surface area (TPSA) is 57.7 Å². The molecule has 1 fully saturated rings. The van der Waals surface area contributed by atoms with Gasteiger partial charge in [-0.3, -0.25) is 4.79 Å². The van der Waals surface area contributed by atoms with E-state index in [-0.39, 0.29) is 12.5 Å². The van der Waals surface area contributed by atoms with Crippen LogP contribution in [0, 0.1) is 0 Å². The summed E-state index contributed by atoms with van der Waals surface area (Å²) in [6.45, 7) is 1.29. The molecule has 1 aliphatic heterocycles. The van der Waals surface area contributed by atoms with Gasteiger partial charge in [0.05, 0.1) is 12.8 Å². The minimum Gasteiger partial charge on any atom is -0.341 e. The highest BCUT2D eigenvalue weighted by atomic mass is 32.2. The second kappa shape index (κ2) is 7.24. The normalized spacial score (nSPS) is 20.0. The zero-order valence-electron chi connectivity index (χ0n) is 13.2. The average Bonchev–Trinajstić information content (AvgIpc) is 2.73. The number of likely N-dealkylation sites (tertiary alicyclic amines) is 1. The largest absolute Gasteiger partial charge is 0.341 e. The van der Waals surface area contributed by atoms with Gasteiger partial charge < -0.3 is 4.90 Å². The van der Waals surface area contributed by atoms with Crippen LogP contribution in [0.5, 0.6) is 0 Å². The van der Waals surface area contributed by atoms with E-state index < -0.39 is 10.0 Å². The second-order valence-electron chi connectivity index (χ2n) is 5.96. The summed E-state index contributed by atoms with van der Waals surface area (Å²) in [5.41, 5.74) is 1.25. The monoisotopic (exact) mass is 324 g/mol. The van der Waals surface area contributed by atoms with Crippen LogP contribution in [0.3, 0.4) is 0 Å². The van der Waals surface area contributed by atoms with Gasteiger partial charge in [0.1, 0.15) is 0 Å². The Balaban J connectivity index is 2.05. The van der Waals surface area contributed by atoms with E-state index in [9.17, 15) is 13.2 Å². The SMILES string of the molecule is CN(CC(=O)N1CCCCC(c2ccccc2)C1)S(C)(=O)=O. The lowest BCUT2D eigenvalue weighted by Crippen LogP contribution is -2.42. The first-order valence-electron chi connectivity index (χ1n) is 7.62. The van der Waals surface area contributed by atoms with Crippen LogP contribution in [0.15, 0.2) is 30.3 Å². The molecule has 22 heavy (non-hydrogen) atoms. The van der Waals surface area contributed by atoms with Gasteiger partial charge in [-0.25, -0.2) is 8.42 Å². The van der Waals surface area contributed by atoms with Gasteiger partial charge in [0.25, 0.3) is 0 Å². The number of amides is 1. The van der Waals surface area contributed by atoms with Crippen molar-refractivity contribution in [2.24, 2.45) is 0 Å². The summed E-state index contributed by atoms with van der Waals surface area (Å²) in [7, 11) is -1.88. The summed E-state index contributed by atoms with van der Waals surface area (Å²) in [5, 5.41) is 0. The van der Waals surface area contributed by atoms with Gasteiger partial charge in [0.15, 0.2) is 0 Å². The van der Waals surface area contributed by atoms with Gasteiger partial charge in [-0.05, 0) is 18.4 Å². The van der Waals surface area contributed by atoms with Gasteiger partial charge in [0.2, 0.25) is 15.9 Å². The first-order chi connectivity index (χ1) is 10.4. The Bertz CT molecular complexity index is 601. The molecular formula is C16H24N2O3S. The fourth-order valence-corrected chi connectivity index (χ4v) is 3.12. The first-order valence-corrected chi connectivity index (χ1v) is 9.47. The third-order valence-corrected chi connectivity index (χ3v) is 5.48. The van der Waals surface area contributed by atoms with Crippen LogP contribution in [0.1, 0.15) is 30.7 Å². The van der Waals surface area contributed by atoms with E-state index in [4.69, 9.17) is 0 Å². The van der Waals surface area contributed by atoms with Crippen molar-refractivity contribution >= 4 is 15.9 Å². The molecule has 0 spiro atoms. The van der Waals surface area contributed by atoms with E-state index in [0.29, 0.717) is 19.0 Å². The average molecular weight is 324 g/mol. The lowest BCUT2D eigenvalue weighted by atomic mass is 9.94. The smallest absolute Gasteiger partial charge is 0.237 e. The molecule has 122 valence electrons. The number of rotatable bonds is 4. The molecular weight excluding hydrogens is 300 g/mol. The van der Waals surface area contributed by atoms with E-state index in [1.165, 1.54) is 12.6 Å². The highest BCUT2D eigenvalue weighted by Gasteiger charge is 2.25. The van der Waals surface area contributed by atoms with Crippen LogP contribution in [-0.2, 0) is 14.8 Å². The zero-order chi connectivity index (χ0) is 16.2. The van der Waals surface area contributed by atoms with Crippen LogP contribution >= 0.6 is 0 Å². The highest BCUT2D eigenvalue weighted by Crippen LogP contribution is 2.26.